The number of carbonyl (C=O) groups is 1. The quantitative estimate of drug-likeness (QED) is 0.781. The van der Waals surface area contributed by atoms with Gasteiger partial charge in [0.25, 0.3) is 0 Å². The second-order valence-corrected chi connectivity index (χ2v) is 4.81. The van der Waals surface area contributed by atoms with Crippen LogP contribution in [0.2, 0.25) is 0 Å². The van der Waals surface area contributed by atoms with Gasteiger partial charge in [0.15, 0.2) is 5.06 Å². The maximum atomic E-state index is 10.7. The van der Waals surface area contributed by atoms with Gasteiger partial charge in [-0.25, -0.2) is 4.79 Å². The molecule has 0 atom stereocenters. The van der Waals surface area contributed by atoms with E-state index in [1.165, 1.54) is 11.3 Å². The van der Waals surface area contributed by atoms with Crippen LogP contribution in [0.25, 0.3) is 0 Å². The molecule has 1 aromatic heterocycles. The highest BCUT2D eigenvalue weighted by atomic mass is 35.5. The first-order chi connectivity index (χ1) is 8.66. The molecule has 2 aromatic rings. The number of aryl methyl sites for hydroxylation is 1. The molecular weight excluding hydrogens is 272 g/mol. The van der Waals surface area contributed by atoms with Crippen molar-refractivity contribution in [2.75, 3.05) is 0 Å². The van der Waals surface area contributed by atoms with Crippen LogP contribution in [0.5, 0.6) is 10.8 Å². The van der Waals surface area contributed by atoms with Crippen molar-refractivity contribution in [3.05, 3.63) is 46.8 Å². The standard InChI is InChI=1S/C13H11ClO3S/c1-9-4-2-3-5-11(9)16-8-10-6-7-18-12(10)17-13(14)15/h2-7H,8H2,1H3. The minimum absolute atomic E-state index is 0.341. The first-order valence-corrected chi connectivity index (χ1v) is 6.54. The SMILES string of the molecule is Cc1ccccc1OCc1ccsc1OC(=O)Cl. The van der Waals surface area contributed by atoms with Crippen molar-refractivity contribution in [1.82, 2.24) is 0 Å². The second kappa shape index (κ2) is 5.89. The molecule has 0 bridgehead atoms. The third-order valence-corrected chi connectivity index (χ3v) is 3.27. The Morgan fingerprint density at radius 2 is 2.11 bits per heavy atom. The van der Waals surface area contributed by atoms with Crippen molar-refractivity contribution in [3.8, 4) is 10.8 Å². The molecule has 0 amide bonds. The fourth-order valence-electron chi connectivity index (χ4n) is 1.47. The summed E-state index contributed by atoms with van der Waals surface area (Å²) >= 11 is 6.50. The van der Waals surface area contributed by atoms with Crippen molar-refractivity contribution >= 4 is 28.4 Å². The van der Waals surface area contributed by atoms with Crippen LogP contribution in [0.4, 0.5) is 4.79 Å². The van der Waals surface area contributed by atoms with Crippen LogP contribution in [-0.4, -0.2) is 5.43 Å². The first-order valence-electron chi connectivity index (χ1n) is 5.29. The van der Waals surface area contributed by atoms with Gasteiger partial charge < -0.3 is 9.47 Å². The van der Waals surface area contributed by atoms with Gasteiger partial charge in [-0.1, -0.05) is 18.2 Å². The van der Waals surface area contributed by atoms with E-state index in [0.29, 0.717) is 11.7 Å². The third kappa shape index (κ3) is 3.24. The molecule has 5 heteroatoms. The predicted molar refractivity (Wildman–Crippen MR) is 71.7 cm³/mol. The number of para-hydroxylation sites is 1. The van der Waals surface area contributed by atoms with E-state index in [4.69, 9.17) is 21.1 Å². The van der Waals surface area contributed by atoms with Gasteiger partial charge in [-0.15, -0.1) is 11.3 Å². The van der Waals surface area contributed by atoms with Crippen LogP contribution in [0.1, 0.15) is 11.1 Å². The van der Waals surface area contributed by atoms with Gasteiger partial charge in [0, 0.05) is 17.2 Å². The Bertz CT molecular complexity index is 551. The molecule has 0 spiro atoms. The molecule has 18 heavy (non-hydrogen) atoms. The van der Waals surface area contributed by atoms with Crippen molar-refractivity contribution in [2.45, 2.75) is 13.5 Å². The van der Waals surface area contributed by atoms with E-state index < -0.39 is 5.43 Å². The fourth-order valence-corrected chi connectivity index (χ4v) is 2.35. The summed E-state index contributed by atoms with van der Waals surface area (Å²) in [4.78, 5) is 10.7. The highest BCUT2D eigenvalue weighted by Gasteiger charge is 2.10. The van der Waals surface area contributed by atoms with E-state index in [0.717, 1.165) is 16.9 Å². The van der Waals surface area contributed by atoms with E-state index in [2.05, 4.69) is 0 Å². The van der Waals surface area contributed by atoms with Crippen LogP contribution < -0.4 is 9.47 Å². The molecule has 1 heterocycles. The van der Waals surface area contributed by atoms with E-state index >= 15 is 0 Å². The monoisotopic (exact) mass is 282 g/mol. The number of ether oxygens (including phenoxy) is 2. The van der Waals surface area contributed by atoms with Crippen molar-refractivity contribution < 1.29 is 14.3 Å². The lowest BCUT2D eigenvalue weighted by Crippen LogP contribution is -2.00. The van der Waals surface area contributed by atoms with Crippen LogP contribution in [-0.2, 0) is 6.61 Å². The summed E-state index contributed by atoms with van der Waals surface area (Å²) in [6, 6.07) is 9.58. The summed E-state index contributed by atoms with van der Waals surface area (Å²) in [6.45, 7) is 2.32. The Hall–Kier alpha value is -1.52. The smallest absolute Gasteiger partial charge is 0.410 e. The fraction of sp³-hybridized carbons (Fsp3) is 0.154. The van der Waals surface area contributed by atoms with Gasteiger partial charge in [-0.3, -0.25) is 0 Å². The first kappa shape index (κ1) is 12.9. The lowest BCUT2D eigenvalue weighted by molar-refractivity contribution is 0.225. The zero-order valence-electron chi connectivity index (χ0n) is 9.68. The van der Waals surface area contributed by atoms with E-state index in [1.54, 1.807) is 0 Å². The largest absolute Gasteiger partial charge is 0.488 e. The molecule has 0 aliphatic rings. The molecule has 1 aromatic carbocycles. The second-order valence-electron chi connectivity index (χ2n) is 3.63. The molecule has 94 valence electrons. The molecule has 0 aliphatic heterocycles. The number of rotatable bonds is 4. The number of hydrogen-bond donors (Lipinski definition) is 0. The van der Waals surface area contributed by atoms with Crippen LogP contribution in [0.3, 0.4) is 0 Å². The van der Waals surface area contributed by atoms with Gasteiger partial charge in [0.1, 0.15) is 12.4 Å². The average Bonchev–Trinajstić information content (AvgIpc) is 2.75. The lowest BCUT2D eigenvalue weighted by atomic mass is 10.2. The zero-order valence-corrected chi connectivity index (χ0v) is 11.3. The highest BCUT2D eigenvalue weighted by Crippen LogP contribution is 2.28. The average molecular weight is 283 g/mol. The number of thiophene rings is 1. The molecule has 0 saturated carbocycles. The summed E-state index contributed by atoms with van der Waals surface area (Å²) in [7, 11) is 0. The summed E-state index contributed by atoms with van der Waals surface area (Å²) in [6.07, 6.45) is 0. The topological polar surface area (TPSA) is 35.5 Å². The number of benzene rings is 1. The van der Waals surface area contributed by atoms with Crippen LogP contribution in [0.15, 0.2) is 35.7 Å². The number of halogens is 1. The van der Waals surface area contributed by atoms with Crippen molar-refractivity contribution in [3.63, 3.8) is 0 Å². The molecule has 0 unspecified atom stereocenters. The van der Waals surface area contributed by atoms with E-state index in [9.17, 15) is 4.79 Å². The summed E-state index contributed by atoms with van der Waals surface area (Å²) in [5.41, 5.74) is 1.02. The summed E-state index contributed by atoms with van der Waals surface area (Å²) < 4.78 is 10.5. The normalized spacial score (nSPS) is 10.1. The molecule has 3 nitrogen and oxygen atoms in total. The Morgan fingerprint density at radius 1 is 1.33 bits per heavy atom. The molecule has 0 saturated heterocycles. The number of carbonyl (C=O) groups excluding carboxylic acids is 1. The van der Waals surface area contributed by atoms with Gasteiger partial charge in [0.2, 0.25) is 0 Å². The van der Waals surface area contributed by atoms with Gasteiger partial charge in [0.05, 0.1) is 0 Å². The Balaban J connectivity index is 2.05. The lowest BCUT2D eigenvalue weighted by Gasteiger charge is -2.08. The van der Waals surface area contributed by atoms with Crippen molar-refractivity contribution in [2.24, 2.45) is 0 Å². The maximum Gasteiger partial charge on any atom is 0.410 e. The molecular formula is C13H11ClO3S. The summed E-state index contributed by atoms with van der Waals surface area (Å²) in [5, 5.41) is 2.30. The molecule has 0 N–H and O–H groups in total. The Morgan fingerprint density at radius 3 is 2.83 bits per heavy atom. The molecule has 2 rings (SSSR count). The summed E-state index contributed by atoms with van der Waals surface area (Å²) in [5.74, 6) is 0.812. The Labute approximate surface area is 114 Å². The third-order valence-electron chi connectivity index (χ3n) is 2.36. The van der Waals surface area contributed by atoms with Crippen LogP contribution in [0, 0.1) is 6.92 Å². The highest BCUT2D eigenvalue weighted by molar-refractivity contribution is 7.12. The van der Waals surface area contributed by atoms with E-state index in [1.807, 2.05) is 42.6 Å². The predicted octanol–water partition coefficient (Wildman–Crippen LogP) is 4.37. The zero-order chi connectivity index (χ0) is 13.0. The minimum atomic E-state index is -0.838. The van der Waals surface area contributed by atoms with Gasteiger partial charge in [-0.05, 0) is 30.0 Å². The maximum absolute atomic E-state index is 10.7. The molecule has 0 fully saturated rings. The van der Waals surface area contributed by atoms with Crippen LogP contribution >= 0.6 is 22.9 Å². The van der Waals surface area contributed by atoms with E-state index in [-0.39, 0.29) is 0 Å². The van der Waals surface area contributed by atoms with Gasteiger partial charge in [-0.2, -0.15) is 0 Å². The van der Waals surface area contributed by atoms with Crippen molar-refractivity contribution in [1.29, 1.82) is 0 Å². The molecule has 0 aliphatic carbocycles. The Kier molecular flexibility index (Phi) is 4.23. The minimum Gasteiger partial charge on any atom is -0.488 e. The van der Waals surface area contributed by atoms with Gasteiger partial charge >= 0.3 is 5.43 Å². The number of hydrogen-bond acceptors (Lipinski definition) is 4. The molecule has 0 radical (unpaired) electrons.